The van der Waals surface area contributed by atoms with E-state index in [0.717, 1.165) is 48.4 Å². The van der Waals surface area contributed by atoms with Crippen LogP contribution in [0.25, 0.3) is 0 Å². The molecular weight excluding hydrogens is 316 g/mol. The van der Waals surface area contributed by atoms with Gasteiger partial charge in [-0.25, -0.2) is 0 Å². The normalized spacial score (nSPS) is 12.8. The molecule has 0 heterocycles. The van der Waals surface area contributed by atoms with Crippen LogP contribution in [0.1, 0.15) is 31.9 Å². The van der Waals surface area contributed by atoms with Crippen LogP contribution in [0.15, 0.2) is 16.6 Å². The number of halogens is 1. The molecule has 0 amide bonds. The van der Waals surface area contributed by atoms with E-state index in [1.807, 2.05) is 6.92 Å². The molecule has 0 aromatic heterocycles. The van der Waals surface area contributed by atoms with Crippen molar-refractivity contribution in [3.05, 3.63) is 27.7 Å². The zero-order chi connectivity index (χ0) is 15.1. The van der Waals surface area contributed by atoms with Gasteiger partial charge in [0.15, 0.2) is 0 Å². The van der Waals surface area contributed by atoms with Crippen LogP contribution in [-0.2, 0) is 6.42 Å². The summed E-state index contributed by atoms with van der Waals surface area (Å²) in [4.78, 5) is 2.36. The van der Waals surface area contributed by atoms with E-state index in [4.69, 9.17) is 10.5 Å². The fraction of sp³-hybridized carbons (Fsp3) is 0.625. The molecule has 4 heteroatoms. The number of aryl methyl sites for hydroxylation is 1. The smallest absolute Gasteiger partial charge is 0.125 e. The number of ether oxygens (including phenoxy) is 1. The van der Waals surface area contributed by atoms with E-state index in [1.165, 1.54) is 5.56 Å². The summed E-state index contributed by atoms with van der Waals surface area (Å²) in [6, 6.07) is 4.34. The monoisotopic (exact) mass is 342 g/mol. The fourth-order valence-corrected chi connectivity index (χ4v) is 2.94. The van der Waals surface area contributed by atoms with E-state index >= 15 is 0 Å². The molecule has 20 heavy (non-hydrogen) atoms. The van der Waals surface area contributed by atoms with Gasteiger partial charge in [-0.3, -0.25) is 0 Å². The molecule has 0 fully saturated rings. The van der Waals surface area contributed by atoms with Crippen molar-refractivity contribution in [2.45, 2.75) is 40.2 Å². The first kappa shape index (κ1) is 17.5. The van der Waals surface area contributed by atoms with Crippen LogP contribution in [0.5, 0.6) is 5.75 Å². The molecule has 0 bridgehead atoms. The lowest BCUT2D eigenvalue weighted by molar-refractivity contribution is 0.220. The summed E-state index contributed by atoms with van der Waals surface area (Å²) >= 11 is 3.55. The molecule has 0 radical (unpaired) electrons. The van der Waals surface area contributed by atoms with Gasteiger partial charge in [-0.05, 0) is 56.6 Å². The maximum Gasteiger partial charge on any atom is 0.125 e. The minimum absolute atomic E-state index is 0.133. The Morgan fingerprint density at radius 3 is 2.50 bits per heavy atom. The average Bonchev–Trinajstić information content (AvgIpc) is 2.36. The quantitative estimate of drug-likeness (QED) is 0.787. The summed E-state index contributed by atoms with van der Waals surface area (Å²) in [5, 5.41) is 0. The number of nitrogens with zero attached hydrogens (tertiary/aromatic N) is 1. The third-order valence-electron chi connectivity index (χ3n) is 3.41. The SMILES string of the molecule is CCN(CC)CCOc1c(C)cc(Br)cc1CC(C)N. The van der Waals surface area contributed by atoms with Crippen LogP contribution in [0.2, 0.25) is 0 Å². The highest BCUT2D eigenvalue weighted by Gasteiger charge is 2.11. The first-order valence-corrected chi connectivity index (χ1v) is 8.16. The third-order valence-corrected chi connectivity index (χ3v) is 3.86. The molecule has 1 atom stereocenters. The Balaban J connectivity index is 2.77. The topological polar surface area (TPSA) is 38.5 Å². The lowest BCUT2D eigenvalue weighted by Crippen LogP contribution is -2.28. The predicted molar refractivity (Wildman–Crippen MR) is 89.5 cm³/mol. The van der Waals surface area contributed by atoms with E-state index in [1.54, 1.807) is 0 Å². The van der Waals surface area contributed by atoms with Crippen LogP contribution in [0, 0.1) is 6.92 Å². The van der Waals surface area contributed by atoms with Gasteiger partial charge >= 0.3 is 0 Å². The molecule has 0 aliphatic rings. The van der Waals surface area contributed by atoms with E-state index in [-0.39, 0.29) is 6.04 Å². The van der Waals surface area contributed by atoms with Gasteiger partial charge in [-0.15, -0.1) is 0 Å². The summed E-state index contributed by atoms with van der Waals surface area (Å²) in [7, 11) is 0. The Labute approximate surface area is 131 Å². The van der Waals surface area contributed by atoms with Crippen molar-refractivity contribution in [1.29, 1.82) is 0 Å². The van der Waals surface area contributed by atoms with Crippen molar-refractivity contribution in [1.82, 2.24) is 4.90 Å². The maximum absolute atomic E-state index is 6.04. The summed E-state index contributed by atoms with van der Waals surface area (Å²) in [6.07, 6.45) is 0.834. The molecule has 0 spiro atoms. The average molecular weight is 343 g/mol. The minimum Gasteiger partial charge on any atom is -0.492 e. The van der Waals surface area contributed by atoms with Crippen molar-refractivity contribution >= 4 is 15.9 Å². The molecule has 0 aliphatic heterocycles. The van der Waals surface area contributed by atoms with Crippen LogP contribution in [-0.4, -0.2) is 37.2 Å². The van der Waals surface area contributed by atoms with Gasteiger partial charge in [0.05, 0.1) is 0 Å². The van der Waals surface area contributed by atoms with Crippen LogP contribution in [0.3, 0.4) is 0 Å². The van der Waals surface area contributed by atoms with Crippen molar-refractivity contribution < 1.29 is 4.74 Å². The second-order valence-corrected chi connectivity index (χ2v) is 6.18. The van der Waals surface area contributed by atoms with Crippen LogP contribution >= 0.6 is 15.9 Å². The first-order chi connectivity index (χ1) is 9.47. The molecule has 0 saturated heterocycles. The van der Waals surface area contributed by atoms with Gasteiger partial charge < -0.3 is 15.4 Å². The van der Waals surface area contributed by atoms with Crippen molar-refractivity contribution in [2.75, 3.05) is 26.2 Å². The Kier molecular flexibility index (Phi) is 7.56. The Bertz CT molecular complexity index is 417. The molecule has 1 aromatic rings. The van der Waals surface area contributed by atoms with Crippen LogP contribution < -0.4 is 10.5 Å². The second kappa shape index (κ2) is 8.65. The summed E-state index contributed by atoms with van der Waals surface area (Å²) in [5.74, 6) is 0.998. The zero-order valence-electron chi connectivity index (χ0n) is 13.1. The first-order valence-electron chi connectivity index (χ1n) is 7.37. The van der Waals surface area contributed by atoms with Gasteiger partial charge in [-0.1, -0.05) is 29.8 Å². The summed E-state index contributed by atoms with van der Waals surface area (Å²) in [6.45, 7) is 12.3. The number of hydrogen-bond donors (Lipinski definition) is 1. The number of nitrogens with two attached hydrogens (primary N) is 1. The summed E-state index contributed by atoms with van der Waals surface area (Å²) in [5.41, 5.74) is 8.28. The van der Waals surface area contributed by atoms with E-state index in [2.05, 4.69) is 53.7 Å². The van der Waals surface area contributed by atoms with Crippen molar-refractivity contribution in [3.8, 4) is 5.75 Å². The lowest BCUT2D eigenvalue weighted by Gasteiger charge is -2.20. The van der Waals surface area contributed by atoms with Gasteiger partial charge in [0.1, 0.15) is 12.4 Å². The molecule has 3 nitrogen and oxygen atoms in total. The van der Waals surface area contributed by atoms with Gasteiger partial charge in [0.2, 0.25) is 0 Å². The van der Waals surface area contributed by atoms with Gasteiger partial charge in [-0.2, -0.15) is 0 Å². The minimum atomic E-state index is 0.133. The molecule has 0 saturated carbocycles. The molecule has 114 valence electrons. The van der Waals surface area contributed by atoms with Crippen molar-refractivity contribution in [2.24, 2.45) is 5.73 Å². The predicted octanol–water partition coefficient (Wildman–Crippen LogP) is 3.37. The molecule has 1 unspecified atom stereocenters. The Morgan fingerprint density at radius 1 is 1.30 bits per heavy atom. The number of likely N-dealkylation sites (N-methyl/N-ethyl adjacent to an activating group) is 1. The third kappa shape index (κ3) is 5.43. The molecular formula is C16H27BrN2O. The highest BCUT2D eigenvalue weighted by Crippen LogP contribution is 2.29. The Hall–Kier alpha value is -0.580. The number of hydrogen-bond acceptors (Lipinski definition) is 3. The lowest BCUT2D eigenvalue weighted by atomic mass is 10.0. The standard InChI is InChI=1S/C16H27BrN2O/c1-5-19(6-2)7-8-20-16-12(3)9-15(17)11-14(16)10-13(4)18/h9,11,13H,5-8,10,18H2,1-4H3. The molecule has 1 rings (SSSR count). The summed E-state index contributed by atoms with van der Waals surface area (Å²) < 4.78 is 7.12. The molecule has 1 aromatic carbocycles. The van der Waals surface area contributed by atoms with Gasteiger partial charge in [0, 0.05) is 17.1 Å². The maximum atomic E-state index is 6.04. The number of rotatable bonds is 8. The van der Waals surface area contributed by atoms with Crippen molar-refractivity contribution in [3.63, 3.8) is 0 Å². The van der Waals surface area contributed by atoms with E-state index in [9.17, 15) is 0 Å². The Morgan fingerprint density at radius 2 is 1.95 bits per heavy atom. The molecule has 2 N–H and O–H groups in total. The second-order valence-electron chi connectivity index (χ2n) is 5.27. The highest BCUT2D eigenvalue weighted by atomic mass is 79.9. The molecule has 0 aliphatic carbocycles. The largest absolute Gasteiger partial charge is 0.492 e. The number of benzene rings is 1. The van der Waals surface area contributed by atoms with Crippen LogP contribution in [0.4, 0.5) is 0 Å². The zero-order valence-corrected chi connectivity index (χ0v) is 14.7. The highest BCUT2D eigenvalue weighted by molar-refractivity contribution is 9.10. The van der Waals surface area contributed by atoms with E-state index < -0.39 is 0 Å². The van der Waals surface area contributed by atoms with E-state index in [0.29, 0.717) is 0 Å². The van der Waals surface area contributed by atoms with Gasteiger partial charge in [0.25, 0.3) is 0 Å². The fourth-order valence-electron chi connectivity index (χ4n) is 2.32.